The second-order valence-electron chi connectivity index (χ2n) is 7.68. The van der Waals surface area contributed by atoms with E-state index in [0.717, 1.165) is 6.42 Å². The summed E-state index contributed by atoms with van der Waals surface area (Å²) in [4.78, 5) is 28.8. The van der Waals surface area contributed by atoms with Crippen LogP contribution in [0.2, 0.25) is 10.0 Å². The average Bonchev–Trinajstić information content (AvgIpc) is 2.90. The zero-order valence-corrected chi connectivity index (χ0v) is 16.0. The summed E-state index contributed by atoms with van der Waals surface area (Å²) in [6.45, 7) is 5.80. The number of nitrogens with zero attached hydrogens (tertiary/aromatic N) is 2. The lowest BCUT2D eigenvalue weighted by Gasteiger charge is -2.43. The predicted molar refractivity (Wildman–Crippen MR) is 99.9 cm³/mol. The van der Waals surface area contributed by atoms with Crippen LogP contribution in [-0.4, -0.2) is 42.4 Å². The molecule has 0 aliphatic carbocycles. The fourth-order valence-electron chi connectivity index (χ4n) is 3.64. The summed E-state index contributed by atoms with van der Waals surface area (Å²) in [5.41, 5.74) is 6.67. The van der Waals surface area contributed by atoms with E-state index in [0.29, 0.717) is 35.4 Å². The summed E-state index contributed by atoms with van der Waals surface area (Å²) < 4.78 is 0. The van der Waals surface area contributed by atoms with Gasteiger partial charge in [0.1, 0.15) is 0 Å². The van der Waals surface area contributed by atoms with Crippen LogP contribution in [0.1, 0.15) is 26.7 Å². The molecule has 2 N–H and O–H groups in total. The van der Waals surface area contributed by atoms with Gasteiger partial charge in [0.25, 0.3) is 0 Å². The Bertz CT molecular complexity index is 687. The van der Waals surface area contributed by atoms with E-state index in [4.69, 9.17) is 28.9 Å². The van der Waals surface area contributed by atoms with Gasteiger partial charge in [-0.05, 0) is 30.0 Å². The van der Waals surface area contributed by atoms with Gasteiger partial charge < -0.3 is 15.5 Å². The summed E-state index contributed by atoms with van der Waals surface area (Å²) in [6.07, 6.45) is 0.999. The third-order valence-electron chi connectivity index (χ3n) is 5.26. The highest BCUT2D eigenvalue weighted by Gasteiger charge is 2.41. The number of amides is 2. The zero-order chi connectivity index (χ0) is 18.4. The number of likely N-dealkylation sites (tertiary alicyclic amines) is 1. The van der Waals surface area contributed by atoms with Crippen molar-refractivity contribution in [3.8, 4) is 0 Å². The van der Waals surface area contributed by atoms with Crippen molar-refractivity contribution in [2.75, 3.05) is 24.5 Å². The Hall–Kier alpha value is -1.30. The number of halogens is 2. The van der Waals surface area contributed by atoms with Gasteiger partial charge in [0.15, 0.2) is 0 Å². The average molecular weight is 384 g/mol. The number of piperidine rings is 1. The molecule has 5 nitrogen and oxygen atoms in total. The van der Waals surface area contributed by atoms with E-state index in [9.17, 15) is 9.59 Å². The van der Waals surface area contributed by atoms with Gasteiger partial charge in [-0.15, -0.1) is 0 Å². The maximum atomic E-state index is 12.9. The standard InChI is InChI=1S/C18H23Cl2N3O2/c1-18(2)10-22(4-3-15(18)21)17(25)11-5-16(24)23(9-11)14-7-12(19)6-13(20)8-14/h6-8,11,15H,3-5,9-10,21H2,1-2H3. The molecule has 0 spiro atoms. The van der Waals surface area contributed by atoms with Crippen LogP contribution in [0.3, 0.4) is 0 Å². The molecule has 2 aliphatic heterocycles. The van der Waals surface area contributed by atoms with Gasteiger partial charge >= 0.3 is 0 Å². The van der Waals surface area contributed by atoms with Crippen LogP contribution in [-0.2, 0) is 9.59 Å². The van der Waals surface area contributed by atoms with Crippen LogP contribution in [0.4, 0.5) is 5.69 Å². The van der Waals surface area contributed by atoms with Gasteiger partial charge in [-0.2, -0.15) is 0 Å². The highest BCUT2D eigenvalue weighted by Crippen LogP contribution is 2.33. The molecule has 2 unspecified atom stereocenters. The second-order valence-corrected chi connectivity index (χ2v) is 8.55. The van der Waals surface area contributed by atoms with Crippen LogP contribution in [0, 0.1) is 11.3 Å². The first kappa shape index (κ1) is 18.5. The number of hydrogen-bond donors (Lipinski definition) is 1. The van der Waals surface area contributed by atoms with Gasteiger partial charge in [0.2, 0.25) is 11.8 Å². The fourth-order valence-corrected chi connectivity index (χ4v) is 4.15. The Kier molecular flexibility index (Phi) is 5.02. The Morgan fingerprint density at radius 3 is 2.48 bits per heavy atom. The van der Waals surface area contributed by atoms with Crippen molar-refractivity contribution in [1.29, 1.82) is 0 Å². The Morgan fingerprint density at radius 1 is 1.24 bits per heavy atom. The van der Waals surface area contributed by atoms with Crippen LogP contribution in [0.5, 0.6) is 0 Å². The molecule has 136 valence electrons. The Labute approximate surface area is 158 Å². The van der Waals surface area contributed by atoms with Crippen molar-refractivity contribution >= 4 is 40.7 Å². The topological polar surface area (TPSA) is 66.6 Å². The van der Waals surface area contributed by atoms with Gasteiger partial charge in [-0.1, -0.05) is 37.0 Å². The summed E-state index contributed by atoms with van der Waals surface area (Å²) in [6, 6.07) is 5.10. The van der Waals surface area contributed by atoms with E-state index in [-0.39, 0.29) is 35.6 Å². The Balaban J connectivity index is 1.73. The van der Waals surface area contributed by atoms with Crippen LogP contribution in [0.25, 0.3) is 0 Å². The molecule has 1 aromatic rings. The number of hydrogen-bond acceptors (Lipinski definition) is 3. The number of carbonyl (C=O) groups is 2. The minimum atomic E-state index is -0.338. The molecule has 0 bridgehead atoms. The Morgan fingerprint density at radius 2 is 1.88 bits per heavy atom. The molecule has 2 saturated heterocycles. The first-order valence-electron chi connectivity index (χ1n) is 8.48. The van der Waals surface area contributed by atoms with E-state index in [2.05, 4.69) is 13.8 Å². The highest BCUT2D eigenvalue weighted by atomic mass is 35.5. The molecule has 0 aromatic heterocycles. The number of benzene rings is 1. The maximum Gasteiger partial charge on any atom is 0.228 e. The summed E-state index contributed by atoms with van der Waals surface area (Å²) in [7, 11) is 0. The fraction of sp³-hybridized carbons (Fsp3) is 0.556. The minimum Gasteiger partial charge on any atom is -0.342 e. The molecule has 25 heavy (non-hydrogen) atoms. The zero-order valence-electron chi connectivity index (χ0n) is 14.5. The van der Waals surface area contributed by atoms with Crippen LogP contribution in [0.15, 0.2) is 18.2 Å². The van der Waals surface area contributed by atoms with Crippen LogP contribution >= 0.6 is 23.2 Å². The van der Waals surface area contributed by atoms with Crippen molar-refractivity contribution in [3.05, 3.63) is 28.2 Å². The molecule has 2 heterocycles. The lowest BCUT2D eigenvalue weighted by Crippen LogP contribution is -2.55. The van der Waals surface area contributed by atoms with E-state index < -0.39 is 0 Å². The number of rotatable bonds is 2. The third kappa shape index (κ3) is 3.78. The lowest BCUT2D eigenvalue weighted by molar-refractivity contribution is -0.139. The SMILES string of the molecule is CC1(C)CN(C(=O)C2CC(=O)N(c3cc(Cl)cc(Cl)c3)C2)CCC1N. The smallest absolute Gasteiger partial charge is 0.228 e. The molecular formula is C18H23Cl2N3O2. The second kappa shape index (κ2) is 6.78. The normalized spacial score (nSPS) is 26.2. The van der Waals surface area contributed by atoms with E-state index in [1.54, 1.807) is 23.1 Å². The third-order valence-corrected chi connectivity index (χ3v) is 5.69. The molecule has 3 rings (SSSR count). The molecule has 2 atom stereocenters. The van der Waals surface area contributed by atoms with Gasteiger partial charge in [0.05, 0.1) is 5.92 Å². The van der Waals surface area contributed by atoms with Crippen molar-refractivity contribution in [2.45, 2.75) is 32.7 Å². The molecular weight excluding hydrogens is 361 g/mol. The monoisotopic (exact) mass is 383 g/mol. The number of nitrogens with two attached hydrogens (primary N) is 1. The van der Waals surface area contributed by atoms with E-state index in [1.165, 1.54) is 0 Å². The van der Waals surface area contributed by atoms with Crippen molar-refractivity contribution < 1.29 is 9.59 Å². The lowest BCUT2D eigenvalue weighted by atomic mass is 9.79. The van der Waals surface area contributed by atoms with Crippen molar-refractivity contribution in [1.82, 2.24) is 4.90 Å². The summed E-state index contributed by atoms with van der Waals surface area (Å²) in [5.74, 6) is -0.385. The van der Waals surface area contributed by atoms with Crippen molar-refractivity contribution in [2.24, 2.45) is 17.1 Å². The molecule has 1 aromatic carbocycles. The molecule has 2 aliphatic rings. The van der Waals surface area contributed by atoms with Gasteiger partial charge in [0, 0.05) is 47.8 Å². The first-order valence-corrected chi connectivity index (χ1v) is 9.24. The van der Waals surface area contributed by atoms with Gasteiger partial charge in [-0.25, -0.2) is 0 Å². The molecule has 7 heteroatoms. The predicted octanol–water partition coefficient (Wildman–Crippen LogP) is 2.93. The quantitative estimate of drug-likeness (QED) is 0.853. The number of anilines is 1. The number of carbonyl (C=O) groups excluding carboxylic acids is 2. The first-order chi connectivity index (χ1) is 11.7. The minimum absolute atomic E-state index is 0.0314. The summed E-state index contributed by atoms with van der Waals surface area (Å²) in [5, 5.41) is 0.939. The van der Waals surface area contributed by atoms with E-state index >= 15 is 0 Å². The van der Waals surface area contributed by atoms with Crippen molar-refractivity contribution in [3.63, 3.8) is 0 Å². The molecule has 2 fully saturated rings. The summed E-state index contributed by atoms with van der Waals surface area (Å²) >= 11 is 12.1. The molecule has 0 radical (unpaired) electrons. The maximum absolute atomic E-state index is 12.9. The molecule has 2 amide bonds. The van der Waals surface area contributed by atoms with Crippen LogP contribution < -0.4 is 10.6 Å². The highest BCUT2D eigenvalue weighted by molar-refractivity contribution is 6.35. The van der Waals surface area contributed by atoms with E-state index in [1.807, 2.05) is 4.90 Å². The molecule has 0 saturated carbocycles. The largest absolute Gasteiger partial charge is 0.342 e. The van der Waals surface area contributed by atoms with Gasteiger partial charge in [-0.3, -0.25) is 9.59 Å².